The number of aryl methyl sites for hydroxylation is 1. The van der Waals surface area contributed by atoms with E-state index in [2.05, 4.69) is 21.2 Å². The van der Waals surface area contributed by atoms with Gasteiger partial charge in [-0.1, -0.05) is 64.5 Å². The maximum absolute atomic E-state index is 13.6. The number of nitrogens with zero attached hydrogens (tertiary/aromatic N) is 1. The standard InChI is InChI=1S/C29H23BrN2O5/c1-15-12-16(30)10-11-21(15)31-22(33)14-37-23(34)13-32-28(35)26-24-17-6-2-3-7-18(17)25(27(26)29(32)36)20-9-5-4-8-19(20)24/h2-12,24-27H,13-14H2,1H3,(H,31,33)/t24?,25?,26-,27-/m1/s1. The Balaban J connectivity index is 1.18. The first-order valence-corrected chi connectivity index (χ1v) is 12.9. The van der Waals surface area contributed by atoms with Gasteiger partial charge in [-0.05, 0) is 52.9 Å². The third kappa shape index (κ3) is 3.78. The number of nitrogens with one attached hydrogen (secondary N) is 1. The molecule has 0 saturated carbocycles. The largest absolute Gasteiger partial charge is 0.454 e. The van der Waals surface area contributed by atoms with Crippen molar-refractivity contribution in [1.82, 2.24) is 4.90 Å². The Morgan fingerprint density at radius 2 is 1.38 bits per heavy atom. The van der Waals surface area contributed by atoms with Gasteiger partial charge in [0, 0.05) is 22.0 Å². The van der Waals surface area contributed by atoms with E-state index in [1.807, 2.05) is 61.5 Å². The highest BCUT2D eigenvalue weighted by Crippen LogP contribution is 2.60. The number of imide groups is 1. The summed E-state index contributed by atoms with van der Waals surface area (Å²) >= 11 is 3.37. The summed E-state index contributed by atoms with van der Waals surface area (Å²) in [7, 11) is 0. The fourth-order valence-corrected chi connectivity index (χ4v) is 6.64. The van der Waals surface area contributed by atoms with Crippen LogP contribution in [0.1, 0.15) is 39.7 Å². The summed E-state index contributed by atoms with van der Waals surface area (Å²) in [5.41, 5.74) is 5.72. The highest BCUT2D eigenvalue weighted by atomic mass is 79.9. The molecule has 1 heterocycles. The first-order valence-electron chi connectivity index (χ1n) is 12.1. The van der Waals surface area contributed by atoms with Crippen molar-refractivity contribution in [2.75, 3.05) is 18.5 Å². The minimum atomic E-state index is -0.801. The molecule has 2 bridgehead atoms. The zero-order valence-corrected chi connectivity index (χ0v) is 21.5. The number of likely N-dealkylation sites (tertiary alicyclic amines) is 1. The van der Waals surface area contributed by atoms with Gasteiger partial charge in [0.05, 0.1) is 11.8 Å². The molecule has 3 aromatic carbocycles. The van der Waals surface area contributed by atoms with Crippen LogP contribution in [0.4, 0.5) is 5.69 Å². The van der Waals surface area contributed by atoms with Gasteiger partial charge in [-0.2, -0.15) is 0 Å². The Labute approximate surface area is 221 Å². The fraction of sp³-hybridized carbons (Fsp3) is 0.241. The van der Waals surface area contributed by atoms with E-state index in [0.717, 1.165) is 37.2 Å². The van der Waals surface area contributed by atoms with Crippen molar-refractivity contribution in [3.05, 3.63) is 99.0 Å². The van der Waals surface area contributed by atoms with Crippen LogP contribution in [0.3, 0.4) is 0 Å². The van der Waals surface area contributed by atoms with Crippen molar-refractivity contribution in [3.8, 4) is 0 Å². The van der Waals surface area contributed by atoms with Gasteiger partial charge in [0.1, 0.15) is 6.54 Å². The smallest absolute Gasteiger partial charge is 0.326 e. The lowest BCUT2D eigenvalue weighted by atomic mass is 9.55. The van der Waals surface area contributed by atoms with Crippen molar-refractivity contribution in [2.24, 2.45) is 11.8 Å². The van der Waals surface area contributed by atoms with E-state index in [0.29, 0.717) is 5.69 Å². The summed E-state index contributed by atoms with van der Waals surface area (Å²) in [5.74, 6) is -3.61. The lowest BCUT2D eigenvalue weighted by Crippen LogP contribution is -2.41. The van der Waals surface area contributed by atoms with Gasteiger partial charge in [0.2, 0.25) is 11.8 Å². The van der Waals surface area contributed by atoms with Gasteiger partial charge in [0.15, 0.2) is 6.61 Å². The highest BCUT2D eigenvalue weighted by Gasteiger charge is 2.61. The second-order valence-electron chi connectivity index (χ2n) is 9.70. The summed E-state index contributed by atoms with van der Waals surface area (Å²) in [6.45, 7) is 0.820. The number of rotatable bonds is 5. The third-order valence-electron chi connectivity index (χ3n) is 7.65. The Morgan fingerprint density at radius 1 is 0.865 bits per heavy atom. The minimum absolute atomic E-state index is 0.236. The lowest BCUT2D eigenvalue weighted by molar-refractivity contribution is -0.154. The van der Waals surface area contributed by atoms with E-state index in [9.17, 15) is 19.2 Å². The zero-order valence-electron chi connectivity index (χ0n) is 19.9. The summed E-state index contributed by atoms with van der Waals surface area (Å²) in [4.78, 5) is 53.1. The predicted molar refractivity (Wildman–Crippen MR) is 139 cm³/mol. The number of amides is 3. The first-order chi connectivity index (χ1) is 17.8. The number of hydrogen-bond acceptors (Lipinski definition) is 5. The molecule has 1 N–H and O–H groups in total. The van der Waals surface area contributed by atoms with Crippen molar-refractivity contribution in [2.45, 2.75) is 18.8 Å². The number of hydrogen-bond donors (Lipinski definition) is 1. The van der Waals surface area contributed by atoms with Gasteiger partial charge < -0.3 is 10.1 Å². The number of ether oxygens (including phenoxy) is 1. The van der Waals surface area contributed by atoms with Gasteiger partial charge in [-0.25, -0.2) is 0 Å². The van der Waals surface area contributed by atoms with E-state index in [1.165, 1.54) is 0 Å². The van der Waals surface area contributed by atoms with Crippen molar-refractivity contribution < 1.29 is 23.9 Å². The molecule has 3 aromatic rings. The first kappa shape index (κ1) is 23.6. The molecular formula is C29H23BrN2O5. The number of carbonyl (C=O) groups excluding carboxylic acids is 4. The second kappa shape index (κ2) is 8.95. The lowest BCUT2D eigenvalue weighted by Gasteiger charge is -2.45. The van der Waals surface area contributed by atoms with E-state index in [-0.39, 0.29) is 23.7 Å². The van der Waals surface area contributed by atoms with E-state index in [1.54, 1.807) is 12.1 Å². The molecule has 3 aliphatic carbocycles. The molecule has 2 atom stereocenters. The molecule has 1 fully saturated rings. The SMILES string of the molecule is Cc1cc(Br)ccc1NC(=O)COC(=O)CN1C(=O)[C@@H]2C3c4ccccc4C(c4ccccc43)[C@H]2C1=O. The van der Waals surface area contributed by atoms with E-state index in [4.69, 9.17) is 4.74 Å². The van der Waals surface area contributed by atoms with Crippen LogP contribution in [0.2, 0.25) is 0 Å². The second-order valence-corrected chi connectivity index (χ2v) is 10.6. The van der Waals surface area contributed by atoms with Crippen LogP contribution in [-0.2, 0) is 23.9 Å². The summed E-state index contributed by atoms with van der Waals surface area (Å²) in [6.07, 6.45) is 0. The molecule has 186 valence electrons. The Hall–Kier alpha value is -3.78. The quantitative estimate of drug-likeness (QED) is 0.375. The van der Waals surface area contributed by atoms with Crippen LogP contribution in [0.25, 0.3) is 0 Å². The van der Waals surface area contributed by atoms with E-state index < -0.39 is 36.9 Å². The average molecular weight is 559 g/mol. The van der Waals surface area contributed by atoms with Gasteiger partial charge in [-0.3, -0.25) is 24.1 Å². The molecule has 37 heavy (non-hydrogen) atoms. The molecule has 0 aromatic heterocycles. The topological polar surface area (TPSA) is 92.8 Å². The van der Waals surface area contributed by atoms with Crippen LogP contribution in [-0.4, -0.2) is 41.7 Å². The molecule has 1 aliphatic heterocycles. The fourth-order valence-electron chi connectivity index (χ4n) is 6.17. The number of benzene rings is 3. The van der Waals surface area contributed by atoms with Crippen LogP contribution < -0.4 is 5.32 Å². The number of halogens is 1. The number of anilines is 1. The van der Waals surface area contributed by atoms with Crippen molar-refractivity contribution >= 4 is 45.3 Å². The molecule has 0 spiro atoms. The molecule has 7 rings (SSSR count). The van der Waals surface area contributed by atoms with Crippen LogP contribution in [0, 0.1) is 18.8 Å². The van der Waals surface area contributed by atoms with Crippen molar-refractivity contribution in [1.29, 1.82) is 0 Å². The zero-order chi connectivity index (χ0) is 25.8. The molecule has 0 radical (unpaired) electrons. The van der Waals surface area contributed by atoms with Gasteiger partial charge in [0.25, 0.3) is 5.91 Å². The van der Waals surface area contributed by atoms with E-state index >= 15 is 0 Å². The van der Waals surface area contributed by atoms with Crippen molar-refractivity contribution in [3.63, 3.8) is 0 Å². The normalized spacial score (nSPS) is 22.8. The predicted octanol–water partition coefficient (Wildman–Crippen LogP) is 4.13. The average Bonchev–Trinajstić information content (AvgIpc) is 3.14. The van der Waals surface area contributed by atoms with Gasteiger partial charge >= 0.3 is 5.97 Å². The van der Waals surface area contributed by atoms with Crippen LogP contribution in [0.5, 0.6) is 0 Å². The Morgan fingerprint density at radius 3 is 1.86 bits per heavy atom. The Kier molecular flexibility index (Phi) is 5.71. The molecular weight excluding hydrogens is 536 g/mol. The maximum Gasteiger partial charge on any atom is 0.326 e. The molecule has 4 aliphatic rings. The van der Waals surface area contributed by atoms with Gasteiger partial charge in [-0.15, -0.1) is 0 Å². The molecule has 0 unspecified atom stereocenters. The summed E-state index contributed by atoms with van der Waals surface area (Å²) in [6, 6.07) is 21.3. The summed E-state index contributed by atoms with van der Waals surface area (Å²) < 4.78 is 6.02. The molecule has 7 nitrogen and oxygen atoms in total. The summed E-state index contributed by atoms with van der Waals surface area (Å²) in [5, 5.41) is 2.70. The minimum Gasteiger partial charge on any atom is -0.454 e. The highest BCUT2D eigenvalue weighted by molar-refractivity contribution is 9.10. The molecule has 1 saturated heterocycles. The molecule has 8 heteroatoms. The van der Waals surface area contributed by atoms with Crippen LogP contribution >= 0.6 is 15.9 Å². The maximum atomic E-state index is 13.6. The third-order valence-corrected chi connectivity index (χ3v) is 8.15. The number of esters is 1. The Bertz CT molecular complexity index is 1370. The monoisotopic (exact) mass is 558 g/mol. The van der Waals surface area contributed by atoms with Crippen LogP contribution in [0.15, 0.2) is 71.2 Å². The number of carbonyl (C=O) groups is 4. The molecule has 3 amide bonds.